The van der Waals surface area contributed by atoms with Gasteiger partial charge in [-0.1, -0.05) is 12.1 Å². The molecule has 0 spiro atoms. The highest BCUT2D eigenvalue weighted by Crippen LogP contribution is 2.22. The summed E-state index contributed by atoms with van der Waals surface area (Å²) in [5.41, 5.74) is 3.69. The Kier molecular flexibility index (Phi) is 4.83. The van der Waals surface area contributed by atoms with Gasteiger partial charge >= 0.3 is 12.1 Å². The van der Waals surface area contributed by atoms with Crippen molar-refractivity contribution in [3.8, 4) is 0 Å². The van der Waals surface area contributed by atoms with Crippen LogP contribution in [0.3, 0.4) is 0 Å². The van der Waals surface area contributed by atoms with E-state index in [1.54, 1.807) is 11.9 Å². The van der Waals surface area contributed by atoms with Crippen LogP contribution in [0.4, 0.5) is 9.59 Å². The van der Waals surface area contributed by atoms with E-state index in [2.05, 4.69) is 51.8 Å². The van der Waals surface area contributed by atoms with E-state index in [9.17, 15) is 9.59 Å². The summed E-state index contributed by atoms with van der Waals surface area (Å²) < 4.78 is 2.13. The lowest BCUT2D eigenvalue weighted by Gasteiger charge is -2.39. The fourth-order valence-corrected chi connectivity index (χ4v) is 3.19. The molecule has 134 valence electrons. The normalized spacial score (nSPS) is 14.3. The molecule has 1 aromatic heterocycles. The van der Waals surface area contributed by atoms with Gasteiger partial charge in [0.25, 0.3) is 0 Å². The van der Waals surface area contributed by atoms with Crippen molar-refractivity contribution in [1.29, 1.82) is 0 Å². The number of hydrogen-bond acceptors (Lipinski definition) is 2. The van der Waals surface area contributed by atoms with Gasteiger partial charge in [0.1, 0.15) is 0 Å². The number of hydrogen-bond donors (Lipinski definition) is 3. The molecule has 2 heterocycles. The molecular weight excluding hydrogens is 318 g/mol. The largest absolute Gasteiger partial charge is 0.350 e. The third-order valence-electron chi connectivity index (χ3n) is 4.63. The fourth-order valence-electron chi connectivity index (χ4n) is 3.19. The molecule has 0 aliphatic carbocycles. The number of fused-ring (bicyclic) bond motifs is 1. The molecule has 0 radical (unpaired) electrons. The molecule has 0 bridgehead atoms. The van der Waals surface area contributed by atoms with Gasteiger partial charge in [-0.25, -0.2) is 9.59 Å². The summed E-state index contributed by atoms with van der Waals surface area (Å²) in [5.74, 6) is 0. The highest BCUT2D eigenvalue weighted by atomic mass is 16.2. The van der Waals surface area contributed by atoms with Crippen molar-refractivity contribution in [2.75, 3.05) is 26.7 Å². The minimum absolute atomic E-state index is 0.0343. The molecule has 2 aromatic rings. The van der Waals surface area contributed by atoms with Gasteiger partial charge in [-0.05, 0) is 30.5 Å². The molecule has 1 aromatic carbocycles. The number of urea groups is 2. The maximum absolute atomic E-state index is 12.1. The number of aryl methyl sites for hydroxylation is 2. The van der Waals surface area contributed by atoms with Crippen LogP contribution in [0, 0.1) is 6.92 Å². The molecule has 3 N–H and O–H groups in total. The molecule has 25 heavy (non-hydrogen) atoms. The number of carbonyl (C=O) groups is 2. The van der Waals surface area contributed by atoms with E-state index in [0.29, 0.717) is 19.6 Å². The van der Waals surface area contributed by atoms with Gasteiger partial charge in [-0.15, -0.1) is 0 Å². The molecule has 1 aliphatic heterocycles. The summed E-state index contributed by atoms with van der Waals surface area (Å²) in [6.07, 6.45) is 2.92. The topological polar surface area (TPSA) is 78.4 Å². The first-order valence-electron chi connectivity index (χ1n) is 8.53. The molecule has 3 rings (SSSR count). The van der Waals surface area contributed by atoms with Crippen LogP contribution >= 0.6 is 0 Å². The lowest BCUT2D eigenvalue weighted by atomic mass is 10.1. The van der Waals surface area contributed by atoms with Crippen LogP contribution in [0.25, 0.3) is 10.9 Å². The summed E-state index contributed by atoms with van der Waals surface area (Å²) in [4.78, 5) is 25.0. The summed E-state index contributed by atoms with van der Waals surface area (Å²) in [6.45, 7) is 3.78. The number of amides is 4. The number of rotatable bonds is 4. The zero-order valence-electron chi connectivity index (χ0n) is 14.9. The zero-order valence-corrected chi connectivity index (χ0v) is 14.9. The molecule has 0 atom stereocenters. The fraction of sp³-hybridized carbons (Fsp3) is 0.444. The second-order valence-corrected chi connectivity index (χ2v) is 6.59. The van der Waals surface area contributed by atoms with E-state index in [1.807, 2.05) is 7.05 Å². The van der Waals surface area contributed by atoms with Gasteiger partial charge in [0.15, 0.2) is 0 Å². The second kappa shape index (κ2) is 7.04. The summed E-state index contributed by atoms with van der Waals surface area (Å²) in [5, 5.41) is 9.49. The molecule has 1 saturated heterocycles. The van der Waals surface area contributed by atoms with Crippen molar-refractivity contribution in [3.05, 3.63) is 35.5 Å². The van der Waals surface area contributed by atoms with Crippen LogP contribution in [-0.4, -0.2) is 54.3 Å². The monoisotopic (exact) mass is 343 g/mol. The Morgan fingerprint density at radius 3 is 2.76 bits per heavy atom. The van der Waals surface area contributed by atoms with E-state index in [0.717, 1.165) is 6.42 Å². The smallest absolute Gasteiger partial charge is 0.317 e. The van der Waals surface area contributed by atoms with Crippen LogP contribution < -0.4 is 16.0 Å². The van der Waals surface area contributed by atoms with Gasteiger partial charge in [-0.3, -0.25) is 0 Å². The molecule has 1 aliphatic rings. The predicted molar refractivity (Wildman–Crippen MR) is 97.7 cm³/mol. The van der Waals surface area contributed by atoms with E-state index < -0.39 is 0 Å². The number of nitrogens with zero attached hydrogens (tertiary/aromatic N) is 2. The van der Waals surface area contributed by atoms with E-state index in [-0.39, 0.29) is 18.1 Å². The van der Waals surface area contributed by atoms with Crippen LogP contribution in [0.2, 0.25) is 0 Å². The molecule has 0 unspecified atom stereocenters. The first-order chi connectivity index (χ1) is 12.0. The molecule has 7 heteroatoms. The Labute approximate surface area is 147 Å². The Bertz CT molecular complexity index is 792. The van der Waals surface area contributed by atoms with Crippen molar-refractivity contribution in [2.24, 2.45) is 7.05 Å². The lowest BCUT2D eigenvalue weighted by molar-refractivity contribution is 0.139. The number of benzene rings is 1. The third-order valence-corrected chi connectivity index (χ3v) is 4.63. The minimum atomic E-state index is -0.212. The second-order valence-electron chi connectivity index (χ2n) is 6.59. The maximum Gasteiger partial charge on any atom is 0.317 e. The van der Waals surface area contributed by atoms with Crippen molar-refractivity contribution in [3.63, 3.8) is 0 Å². The third kappa shape index (κ3) is 3.70. The number of carbonyl (C=O) groups excluding carboxylic acids is 2. The van der Waals surface area contributed by atoms with Crippen molar-refractivity contribution in [1.82, 2.24) is 25.4 Å². The zero-order chi connectivity index (χ0) is 18.0. The first kappa shape index (κ1) is 17.1. The molecule has 0 saturated carbocycles. The molecule has 1 fully saturated rings. The summed E-state index contributed by atoms with van der Waals surface area (Å²) in [6, 6.07) is 6.18. The van der Waals surface area contributed by atoms with Crippen LogP contribution in [0.15, 0.2) is 24.4 Å². The van der Waals surface area contributed by atoms with Crippen LogP contribution in [0.5, 0.6) is 0 Å². The first-order valence-corrected chi connectivity index (χ1v) is 8.53. The number of likely N-dealkylation sites (tertiary alicyclic amines) is 1. The Hall–Kier alpha value is -2.70. The lowest BCUT2D eigenvalue weighted by Crippen LogP contribution is -2.63. The SMILES string of the molecule is CNC(=O)NC1CN(C(=O)NCCc2cn(C)c3cc(C)ccc23)C1. The van der Waals surface area contributed by atoms with Gasteiger partial charge < -0.3 is 25.4 Å². The van der Waals surface area contributed by atoms with Gasteiger partial charge in [0, 0.05) is 50.8 Å². The van der Waals surface area contributed by atoms with Gasteiger partial charge in [0.05, 0.1) is 6.04 Å². The quantitative estimate of drug-likeness (QED) is 0.784. The van der Waals surface area contributed by atoms with Gasteiger partial charge in [-0.2, -0.15) is 0 Å². The minimum Gasteiger partial charge on any atom is -0.350 e. The van der Waals surface area contributed by atoms with Gasteiger partial charge in [0.2, 0.25) is 0 Å². The van der Waals surface area contributed by atoms with Crippen LogP contribution in [-0.2, 0) is 13.5 Å². The molecule has 4 amide bonds. The molecular formula is C18H25N5O2. The van der Waals surface area contributed by atoms with Crippen LogP contribution in [0.1, 0.15) is 11.1 Å². The number of aromatic nitrogens is 1. The summed E-state index contributed by atoms with van der Waals surface area (Å²) in [7, 11) is 3.62. The average Bonchev–Trinajstić information content (AvgIpc) is 2.85. The number of nitrogens with one attached hydrogen (secondary N) is 3. The highest BCUT2D eigenvalue weighted by Gasteiger charge is 2.31. The average molecular weight is 343 g/mol. The maximum atomic E-state index is 12.1. The Morgan fingerprint density at radius 1 is 1.28 bits per heavy atom. The van der Waals surface area contributed by atoms with Crippen molar-refractivity contribution < 1.29 is 9.59 Å². The van der Waals surface area contributed by atoms with E-state index in [1.165, 1.54) is 22.0 Å². The van der Waals surface area contributed by atoms with Crippen molar-refractivity contribution in [2.45, 2.75) is 19.4 Å². The Balaban J connectivity index is 1.48. The van der Waals surface area contributed by atoms with Crippen molar-refractivity contribution >= 4 is 23.0 Å². The highest BCUT2D eigenvalue weighted by molar-refractivity contribution is 5.84. The molecule has 7 nitrogen and oxygen atoms in total. The standard InChI is InChI=1S/C18H25N5O2/c1-12-4-5-15-13(9-22(3)16(15)8-12)6-7-20-18(25)23-10-14(11-23)21-17(24)19-2/h4-5,8-9,14H,6-7,10-11H2,1-3H3,(H,20,25)(H2,19,21,24). The Morgan fingerprint density at radius 2 is 2.04 bits per heavy atom. The summed E-state index contributed by atoms with van der Waals surface area (Å²) >= 11 is 0. The van der Waals surface area contributed by atoms with E-state index >= 15 is 0 Å². The van der Waals surface area contributed by atoms with E-state index in [4.69, 9.17) is 0 Å². The predicted octanol–water partition coefficient (Wildman–Crippen LogP) is 1.35.